The molecule has 1 unspecified atom stereocenters. The van der Waals surface area contributed by atoms with Crippen LogP contribution < -0.4 is 4.74 Å². The Morgan fingerprint density at radius 2 is 1.93 bits per heavy atom. The van der Waals surface area contributed by atoms with Crippen LogP contribution in [0.3, 0.4) is 0 Å². The van der Waals surface area contributed by atoms with Gasteiger partial charge in [0.1, 0.15) is 23.0 Å². The first-order chi connectivity index (χ1) is 13.2. The molecular formula is C19H15Cl3F3NO2. The molecule has 0 bridgehead atoms. The lowest BCUT2D eigenvalue weighted by Gasteiger charge is -2.13. The average molecular weight is 453 g/mol. The van der Waals surface area contributed by atoms with Gasteiger partial charge in [-0.2, -0.15) is 13.2 Å². The number of ether oxygens (including phenoxy) is 1. The summed E-state index contributed by atoms with van der Waals surface area (Å²) >= 11 is 17.1. The molecular weight excluding hydrogens is 438 g/mol. The van der Waals surface area contributed by atoms with E-state index in [1.54, 1.807) is 25.1 Å². The van der Waals surface area contributed by atoms with Gasteiger partial charge in [0.15, 0.2) is 0 Å². The molecule has 0 fully saturated rings. The Labute approximate surface area is 175 Å². The standard InChI is InChI=1S/C19H15Cl3F3NO2/c1-12(13-3-2-4-15(9-13)19(23,24)25)28-26-11-14-5-6-16(10-17(14)20)27-8-7-18(21)22/h2-7,9-12H,8H2,1H3. The highest BCUT2D eigenvalue weighted by Crippen LogP contribution is 2.31. The fourth-order valence-electron chi connectivity index (χ4n) is 2.11. The van der Waals surface area contributed by atoms with Gasteiger partial charge in [0.2, 0.25) is 0 Å². The lowest BCUT2D eigenvalue weighted by Crippen LogP contribution is -2.06. The molecule has 0 amide bonds. The maximum atomic E-state index is 12.8. The van der Waals surface area contributed by atoms with Crippen molar-refractivity contribution >= 4 is 41.0 Å². The van der Waals surface area contributed by atoms with Crippen LogP contribution in [0.5, 0.6) is 5.75 Å². The molecule has 0 saturated heterocycles. The van der Waals surface area contributed by atoms with Gasteiger partial charge in [-0.05, 0) is 48.9 Å². The number of hydrogen-bond donors (Lipinski definition) is 0. The highest BCUT2D eigenvalue weighted by Gasteiger charge is 2.30. The summed E-state index contributed by atoms with van der Waals surface area (Å²) < 4.78 is 43.9. The van der Waals surface area contributed by atoms with Crippen LogP contribution in [0.2, 0.25) is 5.02 Å². The Bertz CT molecular complexity index is 866. The van der Waals surface area contributed by atoms with E-state index < -0.39 is 17.8 Å². The molecule has 0 saturated carbocycles. The Morgan fingerprint density at radius 1 is 1.18 bits per heavy atom. The van der Waals surface area contributed by atoms with Crippen molar-refractivity contribution in [3.05, 3.63) is 74.7 Å². The first-order valence-corrected chi connectivity index (χ1v) is 9.10. The second kappa shape index (κ2) is 10.0. The minimum Gasteiger partial charge on any atom is -0.489 e. The minimum atomic E-state index is -4.42. The van der Waals surface area contributed by atoms with Crippen molar-refractivity contribution in [3.8, 4) is 5.75 Å². The number of nitrogens with zero attached hydrogens (tertiary/aromatic N) is 1. The summed E-state index contributed by atoms with van der Waals surface area (Å²) in [6.45, 7) is 1.78. The summed E-state index contributed by atoms with van der Waals surface area (Å²) in [7, 11) is 0. The molecule has 150 valence electrons. The number of rotatable bonds is 7. The van der Waals surface area contributed by atoms with Crippen LogP contribution in [0.1, 0.15) is 29.7 Å². The van der Waals surface area contributed by atoms with Crippen molar-refractivity contribution in [3.63, 3.8) is 0 Å². The number of alkyl halides is 3. The molecule has 0 aliphatic rings. The maximum absolute atomic E-state index is 12.8. The highest BCUT2D eigenvalue weighted by atomic mass is 35.5. The van der Waals surface area contributed by atoms with E-state index in [1.165, 1.54) is 24.4 Å². The largest absolute Gasteiger partial charge is 0.489 e. The predicted molar refractivity (Wildman–Crippen MR) is 105 cm³/mol. The summed E-state index contributed by atoms with van der Waals surface area (Å²) in [5, 5.41) is 4.17. The van der Waals surface area contributed by atoms with E-state index in [0.29, 0.717) is 21.9 Å². The Kier molecular flexibility index (Phi) is 8.04. The maximum Gasteiger partial charge on any atom is 0.416 e. The van der Waals surface area contributed by atoms with Gasteiger partial charge in [0.05, 0.1) is 16.8 Å². The number of benzene rings is 2. The van der Waals surface area contributed by atoms with Crippen molar-refractivity contribution in [1.82, 2.24) is 0 Å². The Balaban J connectivity index is 1.99. The molecule has 0 aromatic heterocycles. The molecule has 0 radical (unpaired) electrons. The number of hydrogen-bond acceptors (Lipinski definition) is 3. The third kappa shape index (κ3) is 6.93. The molecule has 28 heavy (non-hydrogen) atoms. The van der Waals surface area contributed by atoms with Crippen LogP contribution >= 0.6 is 34.8 Å². The van der Waals surface area contributed by atoms with Crippen LogP contribution in [0, 0.1) is 0 Å². The van der Waals surface area contributed by atoms with Crippen molar-refractivity contribution < 1.29 is 22.7 Å². The molecule has 2 aromatic carbocycles. The molecule has 0 heterocycles. The van der Waals surface area contributed by atoms with Crippen LogP contribution in [0.15, 0.2) is 58.2 Å². The monoisotopic (exact) mass is 451 g/mol. The molecule has 2 rings (SSSR count). The van der Waals surface area contributed by atoms with Crippen molar-refractivity contribution in [2.45, 2.75) is 19.2 Å². The SMILES string of the molecule is CC(ON=Cc1ccc(OCC=C(Cl)Cl)cc1Cl)c1cccc(C(F)(F)F)c1. The van der Waals surface area contributed by atoms with E-state index in [0.717, 1.165) is 12.1 Å². The van der Waals surface area contributed by atoms with Crippen LogP contribution in [0.4, 0.5) is 13.2 Å². The van der Waals surface area contributed by atoms with Crippen molar-refractivity contribution in [2.75, 3.05) is 6.61 Å². The molecule has 2 aromatic rings. The zero-order chi connectivity index (χ0) is 20.7. The normalized spacial score (nSPS) is 12.7. The first-order valence-electron chi connectivity index (χ1n) is 7.96. The molecule has 0 aliphatic carbocycles. The average Bonchev–Trinajstić information content (AvgIpc) is 2.62. The van der Waals surface area contributed by atoms with Gasteiger partial charge in [-0.15, -0.1) is 0 Å². The number of halogens is 6. The Morgan fingerprint density at radius 3 is 2.57 bits per heavy atom. The van der Waals surface area contributed by atoms with E-state index in [4.69, 9.17) is 44.4 Å². The zero-order valence-electron chi connectivity index (χ0n) is 14.5. The first kappa shape index (κ1) is 22.4. The fraction of sp³-hybridized carbons (Fsp3) is 0.211. The van der Waals surface area contributed by atoms with E-state index in [9.17, 15) is 13.2 Å². The summed E-state index contributed by atoms with van der Waals surface area (Å²) in [6, 6.07) is 9.79. The zero-order valence-corrected chi connectivity index (χ0v) is 16.8. The Hall–Kier alpha value is -1.89. The fourth-order valence-corrected chi connectivity index (χ4v) is 2.46. The van der Waals surface area contributed by atoms with Gasteiger partial charge in [0, 0.05) is 5.56 Å². The van der Waals surface area contributed by atoms with Crippen molar-refractivity contribution in [2.24, 2.45) is 5.16 Å². The molecule has 9 heteroatoms. The molecule has 0 aliphatic heterocycles. The highest BCUT2D eigenvalue weighted by molar-refractivity contribution is 6.55. The summed E-state index contributed by atoms with van der Waals surface area (Å²) in [5.41, 5.74) is 0.164. The van der Waals surface area contributed by atoms with Crippen LogP contribution in [-0.4, -0.2) is 12.8 Å². The second-order valence-electron chi connectivity index (χ2n) is 5.59. The molecule has 0 spiro atoms. The van der Waals surface area contributed by atoms with Crippen LogP contribution in [0.25, 0.3) is 0 Å². The van der Waals surface area contributed by atoms with E-state index >= 15 is 0 Å². The lowest BCUT2D eigenvalue weighted by atomic mass is 10.1. The quantitative estimate of drug-likeness (QED) is 0.329. The van der Waals surface area contributed by atoms with Gasteiger partial charge in [-0.3, -0.25) is 0 Å². The molecule has 1 atom stereocenters. The second-order valence-corrected chi connectivity index (χ2v) is 7.01. The number of oxime groups is 1. The predicted octanol–water partition coefficient (Wildman–Crippen LogP) is 7.17. The third-order valence-electron chi connectivity index (χ3n) is 3.55. The lowest BCUT2D eigenvalue weighted by molar-refractivity contribution is -0.137. The van der Waals surface area contributed by atoms with Crippen LogP contribution in [-0.2, 0) is 11.0 Å². The molecule has 3 nitrogen and oxygen atoms in total. The van der Waals surface area contributed by atoms with E-state index in [1.807, 2.05) is 0 Å². The van der Waals surface area contributed by atoms with Gasteiger partial charge >= 0.3 is 6.18 Å². The topological polar surface area (TPSA) is 30.8 Å². The summed E-state index contributed by atoms with van der Waals surface area (Å²) in [4.78, 5) is 5.25. The van der Waals surface area contributed by atoms with Crippen molar-refractivity contribution in [1.29, 1.82) is 0 Å². The van der Waals surface area contributed by atoms with E-state index in [-0.39, 0.29) is 11.1 Å². The molecule has 0 N–H and O–H groups in total. The minimum absolute atomic E-state index is 0.0990. The smallest absolute Gasteiger partial charge is 0.416 e. The van der Waals surface area contributed by atoms with Gasteiger partial charge in [-0.1, -0.05) is 52.1 Å². The van der Waals surface area contributed by atoms with Gasteiger partial charge in [-0.25, -0.2) is 0 Å². The summed E-state index contributed by atoms with van der Waals surface area (Å²) in [6.07, 6.45) is -2.24. The third-order valence-corrected chi connectivity index (χ3v) is 4.19. The van der Waals surface area contributed by atoms with Gasteiger partial charge in [0.25, 0.3) is 0 Å². The summed E-state index contributed by atoms with van der Waals surface area (Å²) in [5.74, 6) is 0.506. The van der Waals surface area contributed by atoms with Gasteiger partial charge < -0.3 is 9.57 Å². The van der Waals surface area contributed by atoms with E-state index in [2.05, 4.69) is 5.16 Å².